The topological polar surface area (TPSA) is 117 Å². The summed E-state index contributed by atoms with van der Waals surface area (Å²) in [4.78, 5) is 29.0. The van der Waals surface area contributed by atoms with Gasteiger partial charge in [-0.3, -0.25) is 9.89 Å². The van der Waals surface area contributed by atoms with Crippen LogP contribution in [0.2, 0.25) is 0 Å². The predicted octanol–water partition coefficient (Wildman–Crippen LogP) is 4.34. The van der Waals surface area contributed by atoms with Gasteiger partial charge in [0.25, 0.3) is 5.91 Å². The van der Waals surface area contributed by atoms with Crippen LogP contribution in [-0.4, -0.2) is 48.7 Å². The van der Waals surface area contributed by atoms with Crippen LogP contribution in [0.1, 0.15) is 27.0 Å². The first kappa shape index (κ1) is 21.0. The van der Waals surface area contributed by atoms with Gasteiger partial charge in [0.15, 0.2) is 16.8 Å². The Morgan fingerprint density at radius 3 is 2.61 bits per heavy atom. The lowest BCUT2D eigenvalue weighted by atomic mass is 10.2. The van der Waals surface area contributed by atoms with E-state index in [1.807, 2.05) is 43.3 Å². The van der Waals surface area contributed by atoms with Crippen LogP contribution in [0.4, 0.5) is 23.1 Å². The molecule has 1 amide bonds. The Balaban J connectivity index is 0.00000152. The fraction of sp³-hybridized carbons (Fsp3) is 0.227. The third kappa shape index (κ3) is 4.82. The van der Waals surface area contributed by atoms with E-state index in [0.717, 1.165) is 29.5 Å². The van der Waals surface area contributed by atoms with E-state index in [-0.39, 0.29) is 10.2 Å². The zero-order valence-corrected chi connectivity index (χ0v) is 19.1. The maximum atomic E-state index is 12.4. The van der Waals surface area contributed by atoms with Gasteiger partial charge in [0.2, 0.25) is 0 Å². The van der Waals surface area contributed by atoms with Gasteiger partial charge in [-0.25, -0.2) is 15.0 Å². The number of rotatable bonds is 7. The van der Waals surface area contributed by atoms with Crippen molar-refractivity contribution in [1.29, 1.82) is 0 Å². The van der Waals surface area contributed by atoms with Gasteiger partial charge in [-0.15, -0.1) is 0 Å². The van der Waals surface area contributed by atoms with E-state index in [0.29, 0.717) is 28.3 Å². The molecular formula is C22H29N9OS. The maximum Gasteiger partial charge on any atom is 0.291 e. The van der Waals surface area contributed by atoms with Crippen molar-refractivity contribution in [3.05, 3.63) is 60.3 Å². The van der Waals surface area contributed by atoms with Crippen LogP contribution in [-0.2, 0) is 7.05 Å². The first-order valence-corrected chi connectivity index (χ1v) is 11.3. The van der Waals surface area contributed by atoms with Gasteiger partial charge in [0.05, 0.1) is 0 Å². The molecule has 11 heteroatoms. The summed E-state index contributed by atoms with van der Waals surface area (Å²) in [5, 5.41) is 13.9. The van der Waals surface area contributed by atoms with E-state index in [1.54, 1.807) is 24.0 Å². The first-order valence-electron chi connectivity index (χ1n) is 10.5. The van der Waals surface area contributed by atoms with Crippen LogP contribution in [0.3, 0.4) is 0 Å². The summed E-state index contributed by atoms with van der Waals surface area (Å²) in [7, 11) is 1.78. The number of carbonyl (C=O) groups is 1. The number of aromatic amines is 1. The molecule has 1 aromatic carbocycles. The fourth-order valence-electron chi connectivity index (χ4n) is 3.33. The van der Waals surface area contributed by atoms with Gasteiger partial charge >= 0.3 is 0 Å². The molecule has 0 spiro atoms. The lowest BCUT2D eigenvalue weighted by molar-refractivity contribution is 0.101. The van der Waals surface area contributed by atoms with Crippen LogP contribution in [0.25, 0.3) is 0 Å². The molecule has 0 saturated carbocycles. The smallest absolute Gasteiger partial charge is 0.291 e. The number of nitrogens with one attached hydrogen (secondary N) is 3. The Bertz CT molecular complexity index is 1290. The molecule has 1 aliphatic rings. The number of imidazole rings is 1. The molecule has 1 aliphatic heterocycles. The molecule has 5 rings (SSSR count). The van der Waals surface area contributed by atoms with E-state index >= 15 is 0 Å². The molecule has 0 bridgehead atoms. The molecule has 1 saturated heterocycles. The number of carbonyl (C=O) groups excluding carboxylic acids is 1. The fourth-order valence-corrected chi connectivity index (χ4v) is 4.09. The number of aromatic nitrogens is 6. The molecule has 0 aliphatic carbocycles. The van der Waals surface area contributed by atoms with Crippen molar-refractivity contribution in [2.75, 3.05) is 28.6 Å². The molecule has 4 heterocycles. The molecule has 3 N–H and O–H groups in total. The first-order chi connectivity index (χ1) is 16.0. The standard InChI is InChI=1S/C22H23N9OS.3H2/c1-14-12-18(29-28-14)25-17-13-19(31-9-3-10-31)27-22(26-17)33-16-6-4-15(5-7-16)24-21(32)20-23-8-11-30(20)2;;;/h4-8,11-13H,3,9-10H2,1-2H3,(H,24,32)(H2,25,26,27,28,29);3*1H. The lowest BCUT2D eigenvalue weighted by Crippen LogP contribution is -2.37. The van der Waals surface area contributed by atoms with Gasteiger partial charge < -0.3 is 20.1 Å². The Hall–Kier alpha value is -3.86. The maximum absolute atomic E-state index is 12.4. The summed E-state index contributed by atoms with van der Waals surface area (Å²) >= 11 is 1.47. The van der Waals surface area contributed by atoms with Crippen LogP contribution in [0.5, 0.6) is 0 Å². The van der Waals surface area contributed by atoms with Crippen molar-refractivity contribution in [2.24, 2.45) is 7.05 Å². The Morgan fingerprint density at radius 1 is 1.15 bits per heavy atom. The van der Waals surface area contributed by atoms with Crippen molar-refractivity contribution < 1.29 is 9.07 Å². The molecule has 0 atom stereocenters. The SMILES string of the molecule is Cc1cc(Nc2cc(N3CCC3)nc(Sc3ccc(NC(=O)c4nccn4C)cc3)n2)n[nH]1.[HH].[HH].[HH]. The highest BCUT2D eigenvalue weighted by Crippen LogP contribution is 2.31. The largest absolute Gasteiger partial charge is 0.356 e. The number of H-pyrrole nitrogens is 1. The predicted molar refractivity (Wildman–Crippen MR) is 134 cm³/mol. The zero-order chi connectivity index (χ0) is 22.8. The molecule has 174 valence electrons. The number of hydrogen-bond donors (Lipinski definition) is 3. The molecule has 4 aromatic rings. The average molecular weight is 468 g/mol. The minimum Gasteiger partial charge on any atom is -0.356 e. The zero-order valence-electron chi connectivity index (χ0n) is 18.2. The highest BCUT2D eigenvalue weighted by atomic mass is 32.2. The molecule has 0 unspecified atom stereocenters. The van der Waals surface area contributed by atoms with Gasteiger partial charge in [0.1, 0.15) is 11.6 Å². The minimum atomic E-state index is -0.252. The molecule has 1 fully saturated rings. The van der Waals surface area contributed by atoms with Crippen LogP contribution >= 0.6 is 11.8 Å². The number of benzene rings is 1. The Kier molecular flexibility index (Phi) is 5.69. The van der Waals surface area contributed by atoms with Gasteiger partial charge in [0, 0.05) is 65.2 Å². The van der Waals surface area contributed by atoms with Crippen LogP contribution < -0.4 is 15.5 Å². The van der Waals surface area contributed by atoms with Gasteiger partial charge in [-0.2, -0.15) is 5.10 Å². The minimum absolute atomic E-state index is 0. The second kappa shape index (κ2) is 8.94. The van der Waals surface area contributed by atoms with Crippen LogP contribution in [0.15, 0.2) is 58.8 Å². The van der Waals surface area contributed by atoms with E-state index in [4.69, 9.17) is 4.98 Å². The second-order valence-corrected chi connectivity index (χ2v) is 8.78. The summed E-state index contributed by atoms with van der Waals surface area (Å²) in [6.07, 6.45) is 4.50. The second-order valence-electron chi connectivity index (χ2n) is 7.74. The summed E-state index contributed by atoms with van der Waals surface area (Å²) in [5.74, 6) is 2.41. The molecular weight excluding hydrogens is 438 g/mol. The third-order valence-corrected chi connectivity index (χ3v) is 6.05. The monoisotopic (exact) mass is 467 g/mol. The van der Waals surface area contributed by atoms with Gasteiger partial charge in [-0.05, 0) is 49.4 Å². The Morgan fingerprint density at radius 2 is 1.97 bits per heavy atom. The summed E-state index contributed by atoms with van der Waals surface area (Å²) in [5.41, 5.74) is 1.66. The molecule has 10 nitrogen and oxygen atoms in total. The molecule has 3 aromatic heterocycles. The number of hydrogen-bond acceptors (Lipinski definition) is 8. The number of amides is 1. The number of anilines is 4. The van der Waals surface area contributed by atoms with Crippen molar-refractivity contribution >= 4 is 40.8 Å². The third-order valence-electron chi connectivity index (χ3n) is 5.18. The number of aryl methyl sites for hydroxylation is 2. The summed E-state index contributed by atoms with van der Waals surface area (Å²) in [6.45, 7) is 3.94. The molecule has 33 heavy (non-hydrogen) atoms. The highest BCUT2D eigenvalue weighted by molar-refractivity contribution is 7.99. The van der Waals surface area contributed by atoms with E-state index < -0.39 is 0 Å². The van der Waals surface area contributed by atoms with Crippen molar-refractivity contribution in [3.8, 4) is 0 Å². The van der Waals surface area contributed by atoms with Crippen LogP contribution in [0, 0.1) is 6.92 Å². The highest BCUT2D eigenvalue weighted by Gasteiger charge is 2.19. The van der Waals surface area contributed by atoms with E-state index in [1.165, 1.54) is 18.2 Å². The normalized spacial score (nSPS) is 13.0. The van der Waals surface area contributed by atoms with E-state index in [9.17, 15) is 4.79 Å². The average Bonchev–Trinajstić information content (AvgIpc) is 3.36. The lowest BCUT2D eigenvalue weighted by Gasteiger charge is -2.32. The van der Waals surface area contributed by atoms with Crippen molar-refractivity contribution in [1.82, 2.24) is 29.7 Å². The quantitative estimate of drug-likeness (QED) is 0.344. The van der Waals surface area contributed by atoms with Gasteiger partial charge in [-0.1, -0.05) is 0 Å². The summed E-state index contributed by atoms with van der Waals surface area (Å²) in [6, 6.07) is 11.5. The van der Waals surface area contributed by atoms with E-state index in [2.05, 4.69) is 35.7 Å². The van der Waals surface area contributed by atoms with Crippen molar-refractivity contribution in [2.45, 2.75) is 23.4 Å². The summed E-state index contributed by atoms with van der Waals surface area (Å²) < 4.78 is 1.68. The number of nitrogens with zero attached hydrogens (tertiary/aromatic N) is 6. The molecule has 0 radical (unpaired) electrons. The Labute approximate surface area is 199 Å². The van der Waals surface area contributed by atoms with Crippen molar-refractivity contribution in [3.63, 3.8) is 0 Å².